The molecule has 0 spiro atoms. The quantitative estimate of drug-likeness (QED) is 0.844. The number of halogens is 2. The molecule has 0 aliphatic carbocycles. The number of hydrogen-bond donors (Lipinski definition) is 2. The van der Waals surface area contributed by atoms with Crippen LogP contribution in [0.4, 0.5) is 0 Å². The number of carbonyl (C=O) groups is 2. The van der Waals surface area contributed by atoms with E-state index in [1.165, 1.54) is 0 Å². The van der Waals surface area contributed by atoms with Crippen LogP contribution in [0.15, 0.2) is 27.1 Å². The molecule has 1 aliphatic heterocycles. The van der Waals surface area contributed by atoms with Crippen molar-refractivity contribution < 1.29 is 9.59 Å². The fourth-order valence-electron chi connectivity index (χ4n) is 1.66. The van der Waals surface area contributed by atoms with Crippen molar-refractivity contribution in [1.82, 2.24) is 10.6 Å². The molecule has 0 bridgehead atoms. The van der Waals surface area contributed by atoms with Crippen molar-refractivity contribution in [3.05, 3.63) is 32.7 Å². The highest BCUT2D eigenvalue weighted by atomic mass is 79.9. The molecular formula is C11H10Br2N2O2. The largest absolute Gasteiger partial charge is 0.354 e. The van der Waals surface area contributed by atoms with E-state index in [9.17, 15) is 9.59 Å². The van der Waals surface area contributed by atoms with Crippen LogP contribution in [0.3, 0.4) is 0 Å². The van der Waals surface area contributed by atoms with Crippen LogP contribution < -0.4 is 10.6 Å². The summed E-state index contributed by atoms with van der Waals surface area (Å²) in [5.74, 6) is -0.195. The molecule has 1 heterocycles. The predicted molar refractivity (Wildman–Crippen MR) is 70.7 cm³/mol. The molecule has 90 valence electrons. The van der Waals surface area contributed by atoms with Gasteiger partial charge in [0.1, 0.15) is 0 Å². The van der Waals surface area contributed by atoms with E-state index in [1.54, 1.807) is 12.1 Å². The Morgan fingerprint density at radius 3 is 2.47 bits per heavy atom. The topological polar surface area (TPSA) is 58.2 Å². The summed E-state index contributed by atoms with van der Waals surface area (Å²) in [6, 6.07) is 5.22. The number of hydrogen-bond acceptors (Lipinski definition) is 2. The normalized spacial score (nSPS) is 18.9. The second-order valence-corrected chi connectivity index (χ2v) is 5.67. The van der Waals surface area contributed by atoms with Crippen LogP contribution in [-0.4, -0.2) is 24.4 Å². The molecule has 4 nitrogen and oxygen atoms in total. The Morgan fingerprint density at radius 2 is 1.94 bits per heavy atom. The van der Waals surface area contributed by atoms with Crippen molar-refractivity contribution in [2.75, 3.05) is 6.54 Å². The zero-order valence-corrected chi connectivity index (χ0v) is 12.0. The molecule has 0 saturated carbocycles. The number of rotatable bonds is 2. The van der Waals surface area contributed by atoms with Crippen LogP contribution in [0, 0.1) is 0 Å². The number of benzene rings is 1. The summed E-state index contributed by atoms with van der Waals surface area (Å²) in [6.45, 7) is 0.500. The first-order valence-corrected chi connectivity index (χ1v) is 6.67. The second-order valence-electron chi connectivity index (χ2n) is 3.84. The van der Waals surface area contributed by atoms with Crippen LogP contribution in [0.2, 0.25) is 0 Å². The van der Waals surface area contributed by atoms with E-state index < -0.39 is 0 Å². The number of nitrogens with one attached hydrogen (secondary N) is 2. The van der Waals surface area contributed by atoms with Crippen molar-refractivity contribution in [2.45, 2.75) is 12.5 Å². The fourth-order valence-corrected chi connectivity index (χ4v) is 2.95. The Hall–Kier alpha value is -0.880. The van der Waals surface area contributed by atoms with Crippen molar-refractivity contribution in [1.29, 1.82) is 0 Å². The van der Waals surface area contributed by atoms with E-state index in [0.29, 0.717) is 18.5 Å². The van der Waals surface area contributed by atoms with E-state index in [-0.39, 0.29) is 17.9 Å². The standard InChI is InChI=1S/C11H10Br2N2O2/c12-7-1-6(2-8(13)3-7)11(17)15-9-4-10(16)14-5-9/h1-3,9H,4-5H2,(H,14,16)(H,15,17). The Morgan fingerprint density at radius 1 is 1.29 bits per heavy atom. The van der Waals surface area contributed by atoms with Gasteiger partial charge in [0.2, 0.25) is 5.91 Å². The van der Waals surface area contributed by atoms with Gasteiger partial charge >= 0.3 is 0 Å². The maximum atomic E-state index is 11.9. The van der Waals surface area contributed by atoms with Crippen LogP contribution in [-0.2, 0) is 4.79 Å². The van der Waals surface area contributed by atoms with E-state index in [2.05, 4.69) is 42.5 Å². The lowest BCUT2D eigenvalue weighted by atomic mass is 10.2. The fraction of sp³-hybridized carbons (Fsp3) is 0.273. The molecule has 2 rings (SSSR count). The lowest BCUT2D eigenvalue weighted by Gasteiger charge is -2.10. The van der Waals surface area contributed by atoms with Crippen LogP contribution in [0.25, 0.3) is 0 Å². The molecule has 1 aromatic rings. The maximum absolute atomic E-state index is 11.9. The zero-order chi connectivity index (χ0) is 12.4. The van der Waals surface area contributed by atoms with Gasteiger partial charge in [0.15, 0.2) is 0 Å². The second kappa shape index (κ2) is 5.18. The average molecular weight is 362 g/mol. The summed E-state index contributed by atoms with van der Waals surface area (Å²) in [6.07, 6.45) is 0.348. The highest BCUT2D eigenvalue weighted by Gasteiger charge is 2.23. The summed E-state index contributed by atoms with van der Waals surface area (Å²) >= 11 is 6.65. The van der Waals surface area contributed by atoms with Crippen LogP contribution >= 0.6 is 31.9 Å². The molecule has 1 aliphatic rings. The van der Waals surface area contributed by atoms with E-state index in [1.807, 2.05) is 6.07 Å². The SMILES string of the molecule is O=C1CC(NC(=O)c2cc(Br)cc(Br)c2)CN1. The highest BCUT2D eigenvalue weighted by molar-refractivity contribution is 9.11. The summed E-state index contributed by atoms with van der Waals surface area (Å²) < 4.78 is 1.66. The van der Waals surface area contributed by atoms with Gasteiger partial charge in [-0.2, -0.15) is 0 Å². The van der Waals surface area contributed by atoms with E-state index >= 15 is 0 Å². The Labute approximate surface area is 115 Å². The molecule has 1 unspecified atom stereocenters. The minimum Gasteiger partial charge on any atom is -0.354 e. The number of carbonyl (C=O) groups excluding carboxylic acids is 2. The predicted octanol–water partition coefficient (Wildman–Crippen LogP) is 1.83. The van der Waals surface area contributed by atoms with Gasteiger partial charge in [-0.05, 0) is 18.2 Å². The molecule has 17 heavy (non-hydrogen) atoms. The lowest BCUT2D eigenvalue weighted by Crippen LogP contribution is -2.36. The first-order valence-electron chi connectivity index (χ1n) is 5.08. The molecule has 1 saturated heterocycles. The summed E-state index contributed by atoms with van der Waals surface area (Å²) in [5, 5.41) is 5.49. The highest BCUT2D eigenvalue weighted by Crippen LogP contribution is 2.20. The van der Waals surface area contributed by atoms with Gasteiger partial charge in [-0.3, -0.25) is 9.59 Å². The van der Waals surface area contributed by atoms with Gasteiger partial charge in [0, 0.05) is 27.5 Å². The molecular weight excluding hydrogens is 352 g/mol. The third kappa shape index (κ3) is 3.29. The first kappa shape index (κ1) is 12.6. The monoisotopic (exact) mass is 360 g/mol. The molecule has 1 fully saturated rings. The summed E-state index contributed by atoms with van der Waals surface area (Å²) in [5.41, 5.74) is 0.561. The minimum atomic E-state index is -0.173. The van der Waals surface area contributed by atoms with Gasteiger partial charge in [-0.15, -0.1) is 0 Å². The summed E-state index contributed by atoms with van der Waals surface area (Å²) in [4.78, 5) is 22.9. The Balaban J connectivity index is 2.06. The first-order chi connectivity index (χ1) is 8.04. The van der Waals surface area contributed by atoms with Crippen molar-refractivity contribution in [2.24, 2.45) is 0 Å². The summed E-state index contributed by atoms with van der Waals surface area (Å²) in [7, 11) is 0. The van der Waals surface area contributed by atoms with Crippen molar-refractivity contribution >= 4 is 43.7 Å². The Kier molecular flexibility index (Phi) is 3.83. The van der Waals surface area contributed by atoms with Crippen LogP contribution in [0.1, 0.15) is 16.8 Å². The maximum Gasteiger partial charge on any atom is 0.251 e. The number of amides is 2. The molecule has 1 atom stereocenters. The molecule has 1 aromatic carbocycles. The van der Waals surface area contributed by atoms with Crippen molar-refractivity contribution in [3.63, 3.8) is 0 Å². The zero-order valence-electron chi connectivity index (χ0n) is 8.80. The minimum absolute atomic E-state index is 0.0225. The smallest absolute Gasteiger partial charge is 0.251 e. The van der Waals surface area contributed by atoms with Gasteiger partial charge in [-0.25, -0.2) is 0 Å². The average Bonchev–Trinajstić information content (AvgIpc) is 2.62. The van der Waals surface area contributed by atoms with Gasteiger partial charge in [0.05, 0.1) is 6.04 Å². The third-order valence-electron chi connectivity index (χ3n) is 2.44. The van der Waals surface area contributed by atoms with Gasteiger partial charge in [-0.1, -0.05) is 31.9 Å². The third-order valence-corrected chi connectivity index (χ3v) is 3.35. The molecule has 2 N–H and O–H groups in total. The molecule has 6 heteroatoms. The van der Waals surface area contributed by atoms with Gasteiger partial charge < -0.3 is 10.6 Å². The van der Waals surface area contributed by atoms with Crippen LogP contribution in [0.5, 0.6) is 0 Å². The molecule has 2 amide bonds. The Bertz CT molecular complexity index is 456. The van der Waals surface area contributed by atoms with E-state index in [0.717, 1.165) is 8.95 Å². The van der Waals surface area contributed by atoms with E-state index in [4.69, 9.17) is 0 Å². The van der Waals surface area contributed by atoms with Gasteiger partial charge in [0.25, 0.3) is 5.91 Å². The molecule has 0 aromatic heterocycles. The molecule has 0 radical (unpaired) electrons. The van der Waals surface area contributed by atoms with Crippen molar-refractivity contribution in [3.8, 4) is 0 Å². The lowest BCUT2D eigenvalue weighted by molar-refractivity contribution is -0.119.